The molecule has 9 heteroatoms. The van der Waals surface area contributed by atoms with Crippen molar-refractivity contribution in [1.29, 1.82) is 5.53 Å². The van der Waals surface area contributed by atoms with E-state index in [2.05, 4.69) is 15.0 Å². The first-order chi connectivity index (χ1) is 11.6. The van der Waals surface area contributed by atoms with Crippen molar-refractivity contribution in [2.75, 3.05) is 13.7 Å². The number of hydrogen-bond donors (Lipinski definition) is 1. The lowest BCUT2D eigenvalue weighted by Crippen LogP contribution is -2.25. The van der Waals surface area contributed by atoms with Crippen LogP contribution in [0, 0.1) is 5.53 Å². The second-order valence-electron chi connectivity index (χ2n) is 5.19. The van der Waals surface area contributed by atoms with Crippen LogP contribution in [0.25, 0.3) is 5.69 Å². The zero-order valence-corrected chi connectivity index (χ0v) is 13.2. The van der Waals surface area contributed by atoms with Gasteiger partial charge in [0, 0.05) is 7.05 Å². The lowest BCUT2D eigenvalue weighted by Gasteiger charge is -2.14. The summed E-state index contributed by atoms with van der Waals surface area (Å²) in [4.78, 5) is 33.3. The number of carbonyl (C=O) groups excluding carboxylic acids is 2. The third kappa shape index (κ3) is 2.46. The molecular formula is C15H15N6O3+. The molecule has 2 aromatic rings. The van der Waals surface area contributed by atoms with Gasteiger partial charge < -0.3 is 9.64 Å². The topological polar surface area (TPSA) is 115 Å². The van der Waals surface area contributed by atoms with Crippen molar-refractivity contribution in [2.24, 2.45) is 5.11 Å². The summed E-state index contributed by atoms with van der Waals surface area (Å²) in [7, 11) is 1.64. The molecule has 122 valence electrons. The molecule has 0 saturated carbocycles. The number of amides is 1. The minimum Gasteiger partial charge on any atom is -0.461 e. The lowest BCUT2D eigenvalue weighted by molar-refractivity contribution is 0.0516. The van der Waals surface area contributed by atoms with Crippen LogP contribution in [0.2, 0.25) is 0 Å². The van der Waals surface area contributed by atoms with E-state index in [1.54, 1.807) is 36.7 Å². The Hall–Kier alpha value is -3.32. The molecule has 1 aromatic heterocycles. The molecule has 1 amide bonds. The number of aromatic nitrogens is 2. The summed E-state index contributed by atoms with van der Waals surface area (Å²) >= 11 is 0. The van der Waals surface area contributed by atoms with Gasteiger partial charge in [0.05, 0.1) is 30.1 Å². The van der Waals surface area contributed by atoms with Crippen molar-refractivity contribution in [3.63, 3.8) is 0 Å². The second kappa shape index (κ2) is 6.05. The largest absolute Gasteiger partial charge is 0.461 e. The Balaban J connectivity index is 2.19. The molecule has 1 aliphatic rings. The molecule has 1 N–H and O–H groups in total. The molecule has 1 aliphatic heterocycles. The number of fused-ring (bicyclic) bond motifs is 3. The van der Waals surface area contributed by atoms with Gasteiger partial charge in [0.2, 0.25) is 4.91 Å². The van der Waals surface area contributed by atoms with Gasteiger partial charge >= 0.3 is 5.97 Å². The molecule has 0 fully saturated rings. The predicted molar refractivity (Wildman–Crippen MR) is 82.3 cm³/mol. The van der Waals surface area contributed by atoms with Crippen LogP contribution in [0.3, 0.4) is 0 Å². The van der Waals surface area contributed by atoms with Crippen molar-refractivity contribution >= 4 is 17.6 Å². The van der Waals surface area contributed by atoms with Crippen LogP contribution in [0.5, 0.6) is 0 Å². The quantitative estimate of drug-likeness (QED) is 0.526. The molecule has 1 aromatic carbocycles. The first kappa shape index (κ1) is 15.6. The number of esters is 1. The van der Waals surface area contributed by atoms with Crippen molar-refractivity contribution in [3.05, 3.63) is 41.5 Å². The summed E-state index contributed by atoms with van der Waals surface area (Å²) in [6.07, 6.45) is 1.50. The smallest absolute Gasteiger partial charge is 0.358 e. The van der Waals surface area contributed by atoms with E-state index in [0.29, 0.717) is 22.6 Å². The fourth-order valence-corrected chi connectivity index (χ4v) is 2.63. The van der Waals surface area contributed by atoms with Crippen molar-refractivity contribution in [2.45, 2.75) is 13.5 Å². The summed E-state index contributed by atoms with van der Waals surface area (Å²) in [6, 6.07) is 4.89. The van der Waals surface area contributed by atoms with Crippen molar-refractivity contribution in [1.82, 2.24) is 19.4 Å². The second-order valence-corrected chi connectivity index (χ2v) is 5.19. The lowest BCUT2D eigenvalue weighted by atomic mass is 10.1. The van der Waals surface area contributed by atoms with E-state index in [4.69, 9.17) is 10.3 Å². The average Bonchev–Trinajstić information content (AvgIpc) is 2.94. The highest BCUT2D eigenvalue weighted by Crippen LogP contribution is 2.28. The molecule has 0 radical (unpaired) electrons. The summed E-state index contributed by atoms with van der Waals surface area (Å²) in [5.41, 5.74) is 8.98. The van der Waals surface area contributed by atoms with Gasteiger partial charge in [0.15, 0.2) is 16.5 Å². The highest BCUT2D eigenvalue weighted by atomic mass is 16.5. The third-order valence-corrected chi connectivity index (χ3v) is 3.70. The molecule has 0 bridgehead atoms. The Morgan fingerprint density at radius 1 is 1.50 bits per heavy atom. The van der Waals surface area contributed by atoms with Crippen LogP contribution in [-0.2, 0) is 11.3 Å². The monoisotopic (exact) mass is 327 g/mol. The molecule has 0 spiro atoms. The van der Waals surface area contributed by atoms with Crippen LogP contribution in [0.4, 0.5) is 5.69 Å². The van der Waals surface area contributed by atoms with Gasteiger partial charge in [-0.2, -0.15) is 0 Å². The third-order valence-electron chi connectivity index (χ3n) is 3.70. The number of nitrogens with zero attached hydrogens (tertiary/aromatic N) is 5. The van der Waals surface area contributed by atoms with Gasteiger partial charge in [-0.05, 0) is 25.1 Å². The molecule has 0 saturated heterocycles. The number of carbonyl (C=O) groups is 2. The molecule has 0 aliphatic carbocycles. The van der Waals surface area contributed by atoms with E-state index in [1.807, 2.05) is 0 Å². The van der Waals surface area contributed by atoms with Gasteiger partial charge in [0.25, 0.3) is 5.91 Å². The molecule has 24 heavy (non-hydrogen) atoms. The maximum absolute atomic E-state index is 12.6. The van der Waals surface area contributed by atoms with E-state index in [-0.39, 0.29) is 24.8 Å². The molecular weight excluding hydrogens is 312 g/mol. The highest BCUT2D eigenvalue weighted by Gasteiger charge is 2.29. The Labute approximate surface area is 137 Å². The molecule has 0 unspecified atom stereocenters. The zero-order valence-electron chi connectivity index (χ0n) is 13.2. The summed E-state index contributed by atoms with van der Waals surface area (Å²) in [5, 5.41) is 3.64. The Morgan fingerprint density at radius 2 is 2.29 bits per heavy atom. The van der Waals surface area contributed by atoms with Crippen LogP contribution in [0.15, 0.2) is 29.6 Å². The van der Waals surface area contributed by atoms with Crippen LogP contribution < -0.4 is 4.91 Å². The van der Waals surface area contributed by atoms with Crippen LogP contribution in [-0.4, -0.2) is 40.0 Å². The molecule has 0 atom stereocenters. The van der Waals surface area contributed by atoms with E-state index < -0.39 is 5.97 Å². The van der Waals surface area contributed by atoms with E-state index in [9.17, 15) is 9.59 Å². The van der Waals surface area contributed by atoms with Crippen molar-refractivity contribution in [3.8, 4) is 5.69 Å². The number of rotatable bonds is 3. The summed E-state index contributed by atoms with van der Waals surface area (Å²) in [6.45, 7) is 2.19. The summed E-state index contributed by atoms with van der Waals surface area (Å²) in [5.74, 6) is -0.735. The van der Waals surface area contributed by atoms with E-state index in [1.165, 1.54) is 11.2 Å². The van der Waals surface area contributed by atoms with Gasteiger partial charge in [-0.15, -0.1) is 0 Å². The van der Waals surface area contributed by atoms with Gasteiger partial charge in [-0.3, -0.25) is 9.36 Å². The van der Waals surface area contributed by atoms with E-state index >= 15 is 0 Å². The number of imidazole rings is 1. The van der Waals surface area contributed by atoms with Gasteiger partial charge in [-0.25, -0.2) is 9.78 Å². The fraction of sp³-hybridized carbons (Fsp3) is 0.267. The normalized spacial score (nSPS) is 12.8. The Kier molecular flexibility index (Phi) is 3.93. The molecule has 3 rings (SSSR count). The fourth-order valence-electron chi connectivity index (χ4n) is 2.63. The number of ether oxygens (including phenoxy) is 1. The maximum Gasteiger partial charge on any atom is 0.358 e. The average molecular weight is 327 g/mol. The van der Waals surface area contributed by atoms with Crippen LogP contribution >= 0.6 is 0 Å². The van der Waals surface area contributed by atoms with Gasteiger partial charge in [-0.1, -0.05) is 0 Å². The number of nitrogens with one attached hydrogen (secondary N) is 1. The zero-order chi connectivity index (χ0) is 17.3. The van der Waals surface area contributed by atoms with Crippen molar-refractivity contribution < 1.29 is 14.3 Å². The highest BCUT2D eigenvalue weighted by molar-refractivity contribution is 5.99. The molecule has 9 nitrogen and oxygen atoms in total. The summed E-state index contributed by atoms with van der Waals surface area (Å²) < 4.78 is 6.73. The molecule has 2 heterocycles. The van der Waals surface area contributed by atoms with E-state index in [0.717, 1.165) is 0 Å². The minimum atomic E-state index is -0.518. The minimum absolute atomic E-state index is 0.194. The Morgan fingerprint density at radius 3 is 3.00 bits per heavy atom. The first-order valence-electron chi connectivity index (χ1n) is 7.27. The SMILES string of the molecule is CCOC(=O)c1ncn2c1CN(C)C(=O)c1cc(N=[N+]=N)ccc1-2. The van der Waals surface area contributed by atoms with Crippen LogP contribution in [0.1, 0.15) is 33.5 Å². The van der Waals surface area contributed by atoms with Gasteiger partial charge in [0.1, 0.15) is 11.9 Å². The standard InChI is InChI=1S/C15H15N6O3/c1-3-24-15(23)13-12-7-20(2)14(22)10-6-9(18-19-16)4-5-11(10)21(12)8-17-13/h4-6,8,16H,3,7H2,1-2H3/q+1. The first-order valence-corrected chi connectivity index (χ1v) is 7.27. The number of hydrogen-bond acceptors (Lipinski definition) is 6. The maximum atomic E-state index is 12.6. The number of benzene rings is 1. The Bertz CT molecular complexity index is 881. The predicted octanol–water partition coefficient (Wildman–Crippen LogP) is 1.82.